The van der Waals surface area contributed by atoms with E-state index < -0.39 is 0 Å². The lowest BCUT2D eigenvalue weighted by Gasteiger charge is -2.38. The maximum absolute atomic E-state index is 12.9. The van der Waals surface area contributed by atoms with Gasteiger partial charge in [-0.3, -0.25) is 9.78 Å². The highest BCUT2D eigenvalue weighted by Gasteiger charge is 2.35. The Labute approximate surface area is 163 Å². The topological polar surface area (TPSA) is 100 Å². The Bertz CT molecular complexity index is 951. The largest absolute Gasteiger partial charge is 0.395 e. The fraction of sp³-hybridized carbons (Fsp3) is 0.381. The molecule has 2 heterocycles. The predicted molar refractivity (Wildman–Crippen MR) is 105 cm³/mol. The molecular weight excluding hydrogens is 356 g/mol. The summed E-state index contributed by atoms with van der Waals surface area (Å²) in [7, 11) is 0. The molecule has 1 unspecified atom stereocenters. The molecule has 4 rings (SSSR count). The number of hydrogen-bond donors (Lipinski definition) is 3. The molecule has 146 valence electrons. The molecule has 1 fully saturated rings. The molecule has 3 aromatic rings. The van der Waals surface area contributed by atoms with Crippen molar-refractivity contribution in [2.24, 2.45) is 5.92 Å². The Balaban J connectivity index is 1.51. The maximum atomic E-state index is 12.9. The molecule has 0 radical (unpaired) electrons. The van der Waals surface area contributed by atoms with Crippen molar-refractivity contribution in [1.82, 2.24) is 19.9 Å². The standard InChI is InChI=1S/C21H24N4O3/c26-8-7-25-13-23-19-12-15(1-2-20(19)25)21(28)24-18(16-10-17(27)11-16)9-14-3-5-22-6-4-14/h1-6,12-13,16-18,26-27H,7-11H2,(H,24,28). The van der Waals surface area contributed by atoms with Crippen LogP contribution in [0, 0.1) is 5.92 Å². The Hall–Kier alpha value is -2.77. The van der Waals surface area contributed by atoms with Crippen LogP contribution in [0.2, 0.25) is 0 Å². The summed E-state index contributed by atoms with van der Waals surface area (Å²) in [5.74, 6) is 0.124. The summed E-state index contributed by atoms with van der Waals surface area (Å²) >= 11 is 0. The van der Waals surface area contributed by atoms with E-state index in [2.05, 4.69) is 15.3 Å². The number of imidazole rings is 1. The summed E-state index contributed by atoms with van der Waals surface area (Å²) in [4.78, 5) is 21.3. The van der Waals surface area contributed by atoms with E-state index in [1.165, 1.54) is 0 Å². The lowest BCUT2D eigenvalue weighted by atomic mass is 9.75. The van der Waals surface area contributed by atoms with Crippen molar-refractivity contribution in [2.75, 3.05) is 6.61 Å². The number of carbonyl (C=O) groups excluding carboxylic acids is 1. The molecule has 0 spiro atoms. The van der Waals surface area contributed by atoms with Crippen molar-refractivity contribution in [3.63, 3.8) is 0 Å². The van der Waals surface area contributed by atoms with Gasteiger partial charge >= 0.3 is 0 Å². The van der Waals surface area contributed by atoms with E-state index in [1.807, 2.05) is 22.8 Å². The zero-order valence-corrected chi connectivity index (χ0v) is 15.5. The van der Waals surface area contributed by atoms with Crippen molar-refractivity contribution in [1.29, 1.82) is 0 Å². The van der Waals surface area contributed by atoms with Crippen molar-refractivity contribution >= 4 is 16.9 Å². The zero-order valence-electron chi connectivity index (χ0n) is 15.5. The Morgan fingerprint density at radius 2 is 2.04 bits per heavy atom. The number of nitrogens with zero attached hydrogens (tertiary/aromatic N) is 3. The van der Waals surface area contributed by atoms with E-state index >= 15 is 0 Å². The molecule has 1 atom stereocenters. The first-order valence-corrected chi connectivity index (χ1v) is 9.57. The monoisotopic (exact) mass is 380 g/mol. The van der Waals surface area contributed by atoms with Gasteiger partial charge in [-0.25, -0.2) is 4.98 Å². The van der Waals surface area contributed by atoms with Gasteiger partial charge in [-0.2, -0.15) is 0 Å². The number of nitrogens with one attached hydrogen (secondary N) is 1. The van der Waals surface area contributed by atoms with Gasteiger partial charge in [0.15, 0.2) is 0 Å². The Kier molecular flexibility index (Phi) is 5.36. The van der Waals surface area contributed by atoms with Gasteiger partial charge < -0.3 is 20.1 Å². The molecule has 1 aliphatic carbocycles. The number of fused-ring (bicyclic) bond motifs is 1. The Morgan fingerprint density at radius 1 is 1.25 bits per heavy atom. The highest BCUT2D eigenvalue weighted by Crippen LogP contribution is 2.32. The van der Waals surface area contributed by atoms with Crippen LogP contribution in [0.15, 0.2) is 49.1 Å². The van der Waals surface area contributed by atoms with E-state index in [1.54, 1.807) is 30.9 Å². The van der Waals surface area contributed by atoms with E-state index in [0.717, 1.165) is 16.6 Å². The minimum absolute atomic E-state index is 0.0393. The average molecular weight is 380 g/mol. The number of aliphatic hydroxyl groups excluding tert-OH is 2. The Morgan fingerprint density at radius 3 is 2.75 bits per heavy atom. The summed E-state index contributed by atoms with van der Waals surface area (Å²) in [6.07, 6.45) is 7.03. The van der Waals surface area contributed by atoms with E-state index in [4.69, 9.17) is 5.11 Å². The number of rotatable bonds is 7. The summed E-state index contributed by atoms with van der Waals surface area (Å²) < 4.78 is 1.86. The van der Waals surface area contributed by atoms with Crippen LogP contribution in [-0.4, -0.2) is 49.4 Å². The van der Waals surface area contributed by atoms with Crippen LogP contribution in [0.4, 0.5) is 0 Å². The molecule has 1 aromatic carbocycles. The molecule has 0 bridgehead atoms. The molecule has 28 heavy (non-hydrogen) atoms. The van der Waals surface area contributed by atoms with Gasteiger partial charge in [0.1, 0.15) is 0 Å². The highest BCUT2D eigenvalue weighted by atomic mass is 16.3. The lowest BCUT2D eigenvalue weighted by Crippen LogP contribution is -2.48. The first-order chi connectivity index (χ1) is 13.6. The summed E-state index contributed by atoms with van der Waals surface area (Å²) in [6.45, 7) is 0.512. The lowest BCUT2D eigenvalue weighted by molar-refractivity contribution is 0.0239. The average Bonchev–Trinajstić information content (AvgIpc) is 3.08. The zero-order chi connectivity index (χ0) is 19.5. The van der Waals surface area contributed by atoms with Gasteiger partial charge in [-0.1, -0.05) is 0 Å². The second-order valence-electron chi connectivity index (χ2n) is 7.39. The number of pyridine rings is 1. The molecule has 1 aliphatic rings. The number of carbonyl (C=O) groups is 1. The van der Waals surface area contributed by atoms with Crippen molar-refractivity contribution in [3.8, 4) is 0 Å². The molecule has 7 nitrogen and oxygen atoms in total. The van der Waals surface area contributed by atoms with Gasteiger partial charge in [0.05, 0.1) is 30.1 Å². The van der Waals surface area contributed by atoms with Gasteiger partial charge in [-0.05, 0) is 61.1 Å². The normalized spacial score (nSPS) is 19.9. The first kappa shape index (κ1) is 18.6. The maximum Gasteiger partial charge on any atom is 0.251 e. The number of hydrogen-bond acceptors (Lipinski definition) is 5. The number of aliphatic hydroxyl groups is 2. The fourth-order valence-electron chi connectivity index (χ4n) is 3.81. The van der Waals surface area contributed by atoms with Crippen LogP contribution >= 0.6 is 0 Å². The smallest absolute Gasteiger partial charge is 0.251 e. The number of benzene rings is 1. The van der Waals surface area contributed by atoms with Crippen LogP contribution in [0.3, 0.4) is 0 Å². The molecule has 1 amide bonds. The third kappa shape index (κ3) is 3.90. The minimum atomic E-state index is -0.270. The summed E-state index contributed by atoms with van der Waals surface area (Å²) in [6, 6.07) is 9.28. The van der Waals surface area contributed by atoms with Crippen LogP contribution < -0.4 is 5.32 Å². The molecule has 0 saturated heterocycles. The SMILES string of the molecule is O=C(NC(Cc1ccncc1)C1CC(O)C1)c1ccc2c(c1)ncn2CCO. The molecule has 1 saturated carbocycles. The number of amides is 1. The van der Waals surface area contributed by atoms with Crippen LogP contribution in [0.25, 0.3) is 11.0 Å². The molecular formula is C21H24N4O3. The van der Waals surface area contributed by atoms with Gasteiger partial charge in [0, 0.05) is 30.5 Å². The van der Waals surface area contributed by atoms with Gasteiger partial charge in [0.25, 0.3) is 5.91 Å². The quantitative estimate of drug-likeness (QED) is 0.577. The van der Waals surface area contributed by atoms with Crippen molar-refractivity contribution in [3.05, 3.63) is 60.2 Å². The predicted octanol–water partition coefficient (Wildman–Crippen LogP) is 1.54. The van der Waals surface area contributed by atoms with Crippen LogP contribution in [0.1, 0.15) is 28.8 Å². The molecule has 0 aliphatic heterocycles. The molecule has 2 aromatic heterocycles. The summed E-state index contributed by atoms with van der Waals surface area (Å²) in [5, 5.41) is 22.0. The molecule has 3 N–H and O–H groups in total. The van der Waals surface area contributed by atoms with Crippen LogP contribution in [-0.2, 0) is 13.0 Å². The molecule has 7 heteroatoms. The first-order valence-electron chi connectivity index (χ1n) is 9.57. The van der Waals surface area contributed by atoms with E-state index in [9.17, 15) is 9.90 Å². The van der Waals surface area contributed by atoms with Crippen LogP contribution in [0.5, 0.6) is 0 Å². The summed E-state index contributed by atoms with van der Waals surface area (Å²) in [5.41, 5.74) is 3.29. The second-order valence-corrected chi connectivity index (χ2v) is 7.39. The van der Waals surface area contributed by atoms with Gasteiger partial charge in [0.2, 0.25) is 0 Å². The fourth-order valence-corrected chi connectivity index (χ4v) is 3.81. The van der Waals surface area contributed by atoms with Gasteiger partial charge in [-0.15, -0.1) is 0 Å². The minimum Gasteiger partial charge on any atom is -0.395 e. The second kappa shape index (κ2) is 8.08. The highest BCUT2D eigenvalue weighted by molar-refractivity contribution is 5.97. The van der Waals surface area contributed by atoms with Crippen molar-refractivity contribution < 1.29 is 15.0 Å². The third-order valence-electron chi connectivity index (χ3n) is 5.46. The third-order valence-corrected chi connectivity index (χ3v) is 5.46. The number of aromatic nitrogens is 3. The van der Waals surface area contributed by atoms with E-state index in [0.29, 0.717) is 31.4 Å². The van der Waals surface area contributed by atoms with Crippen molar-refractivity contribution in [2.45, 2.75) is 38.0 Å². The van der Waals surface area contributed by atoms with E-state index in [-0.39, 0.29) is 30.6 Å².